The van der Waals surface area contributed by atoms with Crippen LogP contribution in [0.5, 0.6) is 11.5 Å². The third-order valence-electron chi connectivity index (χ3n) is 4.51. The van der Waals surface area contributed by atoms with Crippen molar-refractivity contribution >= 4 is 23.7 Å². The Labute approximate surface area is 184 Å². The molecule has 0 saturated carbocycles. The fourth-order valence-corrected chi connectivity index (χ4v) is 2.96. The smallest absolute Gasteiger partial charge is 0.280 e. The van der Waals surface area contributed by atoms with Gasteiger partial charge in [0.15, 0.2) is 6.10 Å². The summed E-state index contributed by atoms with van der Waals surface area (Å²) >= 11 is 5.92. The molecule has 0 fully saturated rings. The number of halogens is 1. The molecular weight excluding hydrogens is 400 g/mol. The minimum absolute atomic E-state index is 0.342. The highest BCUT2D eigenvalue weighted by Gasteiger charge is 2.13. The van der Waals surface area contributed by atoms with E-state index in [1.54, 1.807) is 37.4 Å². The first-order chi connectivity index (χ1) is 14.6. The third kappa shape index (κ3) is 9.31. The summed E-state index contributed by atoms with van der Waals surface area (Å²) in [4.78, 5) is 12.1. The predicted octanol–water partition coefficient (Wildman–Crippen LogP) is 6.00. The first-order valence-electron chi connectivity index (χ1n) is 10.6. The maximum Gasteiger partial charge on any atom is 0.280 e. The number of hydrazone groups is 1. The number of nitrogens with zero attached hydrogens (tertiary/aromatic N) is 1. The zero-order chi connectivity index (χ0) is 21.6. The lowest BCUT2D eigenvalue weighted by Crippen LogP contribution is -2.33. The number of hydrogen-bond donors (Lipinski definition) is 1. The van der Waals surface area contributed by atoms with E-state index in [0.717, 1.165) is 24.3 Å². The Bertz CT molecular complexity index is 793. The number of carbonyl (C=O) groups excluding carboxylic acids is 1. The van der Waals surface area contributed by atoms with Crippen LogP contribution in [-0.2, 0) is 4.79 Å². The molecule has 0 spiro atoms. The molecule has 6 heteroatoms. The van der Waals surface area contributed by atoms with Crippen molar-refractivity contribution in [1.29, 1.82) is 0 Å². The predicted molar refractivity (Wildman–Crippen MR) is 123 cm³/mol. The number of benzene rings is 2. The van der Waals surface area contributed by atoms with Crippen LogP contribution in [0.4, 0.5) is 0 Å². The van der Waals surface area contributed by atoms with Gasteiger partial charge in [-0.1, -0.05) is 56.7 Å². The van der Waals surface area contributed by atoms with Gasteiger partial charge in [-0.2, -0.15) is 5.10 Å². The van der Waals surface area contributed by atoms with Crippen LogP contribution in [0.3, 0.4) is 0 Å². The minimum Gasteiger partial charge on any atom is -0.494 e. The molecule has 162 valence electrons. The highest BCUT2D eigenvalue weighted by Crippen LogP contribution is 2.18. The van der Waals surface area contributed by atoms with Gasteiger partial charge in [0, 0.05) is 5.02 Å². The molecule has 2 aromatic carbocycles. The molecule has 0 heterocycles. The third-order valence-corrected chi connectivity index (χ3v) is 4.75. The molecule has 0 aromatic heterocycles. The molecule has 1 unspecified atom stereocenters. The van der Waals surface area contributed by atoms with E-state index < -0.39 is 6.10 Å². The SMILES string of the molecule is CCCCCCCCOc1ccc(/C=N/NC(=O)C(C)Oc2cccc(Cl)c2)cc1. The highest BCUT2D eigenvalue weighted by molar-refractivity contribution is 6.30. The van der Waals surface area contributed by atoms with E-state index in [0.29, 0.717) is 10.8 Å². The van der Waals surface area contributed by atoms with Crippen molar-refractivity contribution in [2.24, 2.45) is 5.10 Å². The Morgan fingerprint density at radius 3 is 2.53 bits per heavy atom. The Balaban J connectivity index is 1.68. The van der Waals surface area contributed by atoms with Crippen LogP contribution >= 0.6 is 11.6 Å². The Morgan fingerprint density at radius 2 is 1.80 bits per heavy atom. The van der Waals surface area contributed by atoms with Crippen molar-refractivity contribution in [2.45, 2.75) is 58.5 Å². The van der Waals surface area contributed by atoms with Crippen molar-refractivity contribution in [3.8, 4) is 11.5 Å². The lowest BCUT2D eigenvalue weighted by Gasteiger charge is -2.12. The summed E-state index contributed by atoms with van der Waals surface area (Å²) in [6.07, 6.45) is 8.36. The molecule has 1 atom stereocenters. The van der Waals surface area contributed by atoms with E-state index in [9.17, 15) is 4.79 Å². The fraction of sp³-hybridized carbons (Fsp3) is 0.417. The molecular formula is C24H31ClN2O3. The lowest BCUT2D eigenvalue weighted by molar-refractivity contribution is -0.127. The second-order valence-corrected chi connectivity index (χ2v) is 7.57. The van der Waals surface area contributed by atoms with Crippen LogP contribution in [0.1, 0.15) is 57.9 Å². The van der Waals surface area contributed by atoms with Crippen LogP contribution in [0.15, 0.2) is 53.6 Å². The molecule has 30 heavy (non-hydrogen) atoms. The summed E-state index contributed by atoms with van der Waals surface area (Å²) in [5.41, 5.74) is 3.35. The van der Waals surface area contributed by atoms with E-state index >= 15 is 0 Å². The van der Waals surface area contributed by atoms with Gasteiger partial charge in [0.1, 0.15) is 11.5 Å². The first kappa shape index (κ1) is 23.7. The van der Waals surface area contributed by atoms with Crippen molar-refractivity contribution in [1.82, 2.24) is 5.43 Å². The molecule has 0 aliphatic carbocycles. The Kier molecular flexibility index (Phi) is 10.8. The molecule has 0 radical (unpaired) electrons. The molecule has 0 saturated heterocycles. The van der Waals surface area contributed by atoms with Crippen LogP contribution in [0.2, 0.25) is 5.02 Å². The monoisotopic (exact) mass is 430 g/mol. The molecule has 0 aliphatic heterocycles. The van der Waals surface area contributed by atoms with Crippen molar-refractivity contribution in [2.75, 3.05) is 6.61 Å². The summed E-state index contributed by atoms with van der Waals surface area (Å²) in [6, 6.07) is 14.5. The average Bonchev–Trinajstić information content (AvgIpc) is 2.74. The van der Waals surface area contributed by atoms with Crippen molar-refractivity contribution in [3.63, 3.8) is 0 Å². The van der Waals surface area contributed by atoms with Gasteiger partial charge < -0.3 is 9.47 Å². The zero-order valence-corrected chi connectivity index (χ0v) is 18.5. The Morgan fingerprint density at radius 1 is 1.07 bits per heavy atom. The zero-order valence-electron chi connectivity index (χ0n) is 17.8. The van der Waals surface area contributed by atoms with Gasteiger partial charge in [0.05, 0.1) is 12.8 Å². The van der Waals surface area contributed by atoms with Gasteiger partial charge in [-0.15, -0.1) is 0 Å². The second-order valence-electron chi connectivity index (χ2n) is 7.14. The summed E-state index contributed by atoms with van der Waals surface area (Å²) < 4.78 is 11.3. The van der Waals surface area contributed by atoms with Crippen molar-refractivity contribution < 1.29 is 14.3 Å². The fourth-order valence-electron chi connectivity index (χ4n) is 2.78. The number of hydrogen-bond acceptors (Lipinski definition) is 4. The van der Waals surface area contributed by atoms with Gasteiger partial charge in [0.25, 0.3) is 5.91 Å². The molecule has 0 bridgehead atoms. The summed E-state index contributed by atoms with van der Waals surface area (Å²) in [6.45, 7) is 4.62. The van der Waals surface area contributed by atoms with E-state index in [1.165, 1.54) is 32.1 Å². The minimum atomic E-state index is -0.696. The van der Waals surface area contributed by atoms with Gasteiger partial charge in [-0.3, -0.25) is 4.79 Å². The van der Waals surface area contributed by atoms with E-state index in [1.807, 2.05) is 24.3 Å². The maximum atomic E-state index is 12.1. The van der Waals surface area contributed by atoms with Crippen molar-refractivity contribution in [3.05, 3.63) is 59.1 Å². The summed E-state index contributed by atoms with van der Waals surface area (Å²) in [5.74, 6) is 1.03. The number of ether oxygens (including phenoxy) is 2. The van der Waals surface area contributed by atoms with Gasteiger partial charge >= 0.3 is 0 Å². The largest absolute Gasteiger partial charge is 0.494 e. The quantitative estimate of drug-likeness (QED) is 0.241. The first-order valence-corrected chi connectivity index (χ1v) is 10.9. The highest BCUT2D eigenvalue weighted by atomic mass is 35.5. The number of nitrogens with one attached hydrogen (secondary N) is 1. The van der Waals surface area contributed by atoms with E-state index in [2.05, 4.69) is 17.5 Å². The molecule has 1 N–H and O–H groups in total. The van der Waals surface area contributed by atoms with E-state index in [4.69, 9.17) is 21.1 Å². The van der Waals surface area contributed by atoms with Crippen LogP contribution in [0, 0.1) is 0 Å². The topological polar surface area (TPSA) is 59.9 Å². The van der Waals surface area contributed by atoms with Gasteiger partial charge in [-0.05, 0) is 61.4 Å². The lowest BCUT2D eigenvalue weighted by atomic mass is 10.1. The second kappa shape index (κ2) is 13.6. The number of unbranched alkanes of at least 4 members (excludes halogenated alkanes) is 5. The van der Waals surface area contributed by atoms with Gasteiger partial charge in [0.2, 0.25) is 0 Å². The standard InChI is InChI=1S/C24H31ClN2O3/c1-3-4-5-6-7-8-16-29-22-14-12-20(13-15-22)18-26-27-24(28)19(2)30-23-11-9-10-21(25)17-23/h9-15,17-19H,3-8,16H2,1-2H3,(H,27,28)/b26-18+. The van der Waals surface area contributed by atoms with Crippen LogP contribution in [0.25, 0.3) is 0 Å². The molecule has 2 rings (SSSR count). The number of amides is 1. The maximum absolute atomic E-state index is 12.1. The molecule has 1 amide bonds. The molecule has 2 aromatic rings. The summed E-state index contributed by atoms with van der Waals surface area (Å²) in [5, 5.41) is 4.54. The molecule has 0 aliphatic rings. The summed E-state index contributed by atoms with van der Waals surface area (Å²) in [7, 11) is 0. The van der Waals surface area contributed by atoms with Crippen LogP contribution in [-0.4, -0.2) is 24.8 Å². The number of carbonyl (C=O) groups is 1. The Hall–Kier alpha value is -2.53. The van der Waals surface area contributed by atoms with E-state index in [-0.39, 0.29) is 5.91 Å². The average molecular weight is 431 g/mol. The number of rotatable bonds is 13. The normalized spacial score (nSPS) is 12.0. The molecule has 5 nitrogen and oxygen atoms in total. The van der Waals surface area contributed by atoms with Crippen LogP contribution < -0.4 is 14.9 Å². The van der Waals surface area contributed by atoms with Gasteiger partial charge in [-0.25, -0.2) is 5.43 Å².